The number of hydrogen-bond acceptors (Lipinski definition) is 5. The second kappa shape index (κ2) is 9.27. The van der Waals surface area contributed by atoms with E-state index in [9.17, 15) is 17.6 Å². The Bertz CT molecular complexity index is 1010. The molecule has 3 rings (SSSR count). The van der Waals surface area contributed by atoms with E-state index in [2.05, 4.69) is 0 Å². The molecule has 11 heteroatoms. The van der Waals surface area contributed by atoms with Crippen molar-refractivity contribution in [3.05, 3.63) is 64.4 Å². The molecule has 1 aliphatic heterocycles. The number of halogens is 2. The molecular formula is C19H23ClFN5O3S. The van der Waals surface area contributed by atoms with Crippen LogP contribution in [-0.2, 0) is 16.8 Å². The minimum Gasteiger partial charge on any atom is -0.304 e. The average Bonchev–Trinajstić information content (AvgIpc) is 2.74. The number of nitrogens with two attached hydrogens (primary N) is 1. The van der Waals surface area contributed by atoms with Crippen LogP contribution in [0, 0.1) is 5.82 Å². The molecule has 0 bridgehead atoms. The molecule has 8 nitrogen and oxygen atoms in total. The molecule has 0 aliphatic carbocycles. The summed E-state index contributed by atoms with van der Waals surface area (Å²) in [6.07, 6.45) is 0. The molecule has 1 fully saturated rings. The van der Waals surface area contributed by atoms with Gasteiger partial charge in [-0.2, -0.15) is 12.7 Å². The Morgan fingerprint density at radius 2 is 1.80 bits per heavy atom. The van der Waals surface area contributed by atoms with E-state index in [1.54, 1.807) is 24.3 Å². The number of benzene rings is 2. The van der Waals surface area contributed by atoms with Crippen LogP contribution < -0.4 is 15.6 Å². The Balaban J connectivity index is 1.95. The lowest BCUT2D eigenvalue weighted by Crippen LogP contribution is -2.52. The molecule has 0 radical (unpaired) electrons. The summed E-state index contributed by atoms with van der Waals surface area (Å²) >= 11 is 5.91. The number of carbonyl (C=O) groups is 1. The van der Waals surface area contributed by atoms with Crippen LogP contribution in [0.1, 0.15) is 15.9 Å². The van der Waals surface area contributed by atoms with Crippen molar-refractivity contribution in [1.29, 1.82) is 0 Å². The van der Waals surface area contributed by atoms with E-state index >= 15 is 0 Å². The summed E-state index contributed by atoms with van der Waals surface area (Å²) in [5.41, 5.74) is 3.28. The molecule has 0 aromatic heterocycles. The predicted molar refractivity (Wildman–Crippen MR) is 114 cm³/mol. The number of rotatable bonds is 6. The number of nitrogen functional groups attached to an aromatic ring is 1. The number of piperazine rings is 1. The van der Waals surface area contributed by atoms with E-state index < -0.39 is 21.9 Å². The highest BCUT2D eigenvalue weighted by Gasteiger charge is 2.32. The molecule has 162 valence electrons. The van der Waals surface area contributed by atoms with Gasteiger partial charge in [-0.1, -0.05) is 23.7 Å². The van der Waals surface area contributed by atoms with Crippen molar-refractivity contribution >= 4 is 33.4 Å². The van der Waals surface area contributed by atoms with Crippen LogP contribution in [0.25, 0.3) is 0 Å². The van der Waals surface area contributed by atoms with Gasteiger partial charge < -0.3 is 4.90 Å². The van der Waals surface area contributed by atoms with Gasteiger partial charge in [0.15, 0.2) is 0 Å². The molecule has 1 amide bonds. The van der Waals surface area contributed by atoms with Crippen LogP contribution in [0.15, 0.2) is 42.5 Å². The van der Waals surface area contributed by atoms with Crippen LogP contribution in [-0.4, -0.2) is 56.8 Å². The molecular weight excluding hydrogens is 433 g/mol. The second-order valence-corrected chi connectivity index (χ2v) is 9.25. The monoisotopic (exact) mass is 455 g/mol. The molecule has 2 aromatic rings. The maximum Gasteiger partial charge on any atom is 0.304 e. The van der Waals surface area contributed by atoms with Crippen LogP contribution in [0.4, 0.5) is 10.1 Å². The summed E-state index contributed by atoms with van der Waals surface area (Å²) in [6.45, 7) is 1.90. The van der Waals surface area contributed by atoms with Crippen molar-refractivity contribution in [3.8, 4) is 0 Å². The first-order valence-corrected chi connectivity index (χ1v) is 11.0. The maximum atomic E-state index is 13.7. The van der Waals surface area contributed by atoms with Crippen LogP contribution >= 0.6 is 11.6 Å². The maximum absolute atomic E-state index is 13.7. The van der Waals surface area contributed by atoms with E-state index in [0.717, 1.165) is 6.07 Å². The SMILES string of the molecule is CN1CCN(S(=O)(=O)N(Cc2ccc(C(=O)NN)cc2)c2ccc(F)c(Cl)c2)CC1. The van der Waals surface area contributed by atoms with Gasteiger partial charge in [0.05, 0.1) is 17.3 Å². The molecule has 1 aliphatic rings. The highest BCUT2D eigenvalue weighted by Crippen LogP contribution is 2.28. The summed E-state index contributed by atoms with van der Waals surface area (Å²) in [7, 11) is -1.97. The first-order valence-electron chi connectivity index (χ1n) is 9.23. The van der Waals surface area contributed by atoms with Gasteiger partial charge in [0.2, 0.25) is 0 Å². The molecule has 0 atom stereocenters. The highest BCUT2D eigenvalue weighted by molar-refractivity contribution is 7.90. The van der Waals surface area contributed by atoms with Crippen LogP contribution in [0.2, 0.25) is 5.02 Å². The Labute approximate surface area is 180 Å². The van der Waals surface area contributed by atoms with Gasteiger partial charge in [-0.3, -0.25) is 14.5 Å². The molecule has 0 saturated carbocycles. The Morgan fingerprint density at radius 1 is 1.17 bits per heavy atom. The van der Waals surface area contributed by atoms with Gasteiger partial charge in [-0.05, 0) is 42.9 Å². The molecule has 1 saturated heterocycles. The fraction of sp³-hybridized carbons (Fsp3) is 0.316. The summed E-state index contributed by atoms with van der Waals surface area (Å²) in [4.78, 5) is 13.7. The Morgan fingerprint density at radius 3 is 2.37 bits per heavy atom. The predicted octanol–water partition coefficient (Wildman–Crippen LogP) is 1.58. The Kier molecular flexibility index (Phi) is 6.94. The van der Waals surface area contributed by atoms with Crippen LogP contribution in [0.3, 0.4) is 0 Å². The quantitative estimate of drug-likeness (QED) is 0.391. The van der Waals surface area contributed by atoms with Crippen molar-refractivity contribution in [3.63, 3.8) is 0 Å². The lowest BCUT2D eigenvalue weighted by atomic mass is 10.1. The summed E-state index contributed by atoms with van der Waals surface area (Å²) < 4.78 is 43.1. The standard InChI is InChI=1S/C19H23ClFN5O3S/c1-24-8-10-25(11-9-24)30(28,29)26(16-6-7-18(21)17(20)12-16)13-14-2-4-15(5-3-14)19(27)23-22/h2-7,12H,8-11,13,22H2,1H3,(H,23,27). The third-order valence-corrected chi connectivity index (χ3v) is 7.14. The van der Waals surface area contributed by atoms with Crippen molar-refractivity contribution in [2.45, 2.75) is 6.54 Å². The molecule has 0 unspecified atom stereocenters. The van der Waals surface area contributed by atoms with Gasteiger partial charge in [0.1, 0.15) is 5.82 Å². The highest BCUT2D eigenvalue weighted by atomic mass is 35.5. The topological polar surface area (TPSA) is 99.0 Å². The normalized spacial score (nSPS) is 15.7. The van der Waals surface area contributed by atoms with Crippen molar-refractivity contribution in [2.75, 3.05) is 37.5 Å². The third kappa shape index (κ3) is 4.90. The van der Waals surface area contributed by atoms with Gasteiger partial charge in [-0.25, -0.2) is 10.2 Å². The lowest BCUT2D eigenvalue weighted by Gasteiger charge is -2.36. The number of hydrazine groups is 1. The first kappa shape index (κ1) is 22.4. The fourth-order valence-electron chi connectivity index (χ4n) is 3.12. The van der Waals surface area contributed by atoms with E-state index in [-0.39, 0.29) is 17.3 Å². The van der Waals surface area contributed by atoms with Crippen molar-refractivity contribution < 1.29 is 17.6 Å². The average molecular weight is 456 g/mol. The van der Waals surface area contributed by atoms with Gasteiger partial charge in [0.25, 0.3) is 5.91 Å². The van der Waals surface area contributed by atoms with Gasteiger partial charge in [-0.15, -0.1) is 0 Å². The van der Waals surface area contributed by atoms with Gasteiger partial charge >= 0.3 is 10.2 Å². The fourth-order valence-corrected chi connectivity index (χ4v) is 4.89. The molecule has 30 heavy (non-hydrogen) atoms. The van der Waals surface area contributed by atoms with E-state index in [4.69, 9.17) is 17.4 Å². The number of nitrogens with zero attached hydrogens (tertiary/aromatic N) is 3. The van der Waals surface area contributed by atoms with E-state index in [1.807, 2.05) is 17.4 Å². The molecule has 0 spiro atoms. The third-order valence-electron chi connectivity index (χ3n) is 4.93. The largest absolute Gasteiger partial charge is 0.304 e. The summed E-state index contributed by atoms with van der Waals surface area (Å²) in [5, 5.41) is -0.166. The van der Waals surface area contributed by atoms with E-state index in [0.29, 0.717) is 37.3 Å². The summed E-state index contributed by atoms with van der Waals surface area (Å²) in [6, 6.07) is 10.2. The lowest BCUT2D eigenvalue weighted by molar-refractivity contribution is 0.0953. The number of likely N-dealkylation sites (N-methyl/N-ethyl adjacent to an activating group) is 1. The number of carbonyl (C=O) groups excluding carboxylic acids is 1. The zero-order valence-electron chi connectivity index (χ0n) is 16.4. The van der Waals surface area contributed by atoms with Crippen molar-refractivity contribution in [2.24, 2.45) is 5.84 Å². The molecule has 2 aromatic carbocycles. The Hall–Kier alpha value is -2.24. The molecule has 3 N–H and O–H groups in total. The minimum absolute atomic E-state index is 0.0127. The first-order chi connectivity index (χ1) is 14.2. The van der Waals surface area contributed by atoms with Crippen LogP contribution in [0.5, 0.6) is 0 Å². The van der Waals surface area contributed by atoms with Crippen molar-refractivity contribution in [1.82, 2.24) is 14.6 Å². The minimum atomic E-state index is -3.90. The number of amides is 1. The number of anilines is 1. The smallest absolute Gasteiger partial charge is 0.304 e. The second-order valence-electron chi connectivity index (χ2n) is 6.99. The van der Waals surface area contributed by atoms with E-state index in [1.165, 1.54) is 20.7 Å². The zero-order valence-corrected chi connectivity index (χ0v) is 18.0. The summed E-state index contributed by atoms with van der Waals surface area (Å²) in [5.74, 6) is 4.06. The zero-order chi connectivity index (χ0) is 21.9. The molecule has 1 heterocycles. The number of hydrogen-bond donors (Lipinski definition) is 2. The number of nitrogens with one attached hydrogen (secondary N) is 1. The van der Waals surface area contributed by atoms with Gasteiger partial charge in [0, 0.05) is 31.7 Å².